The lowest BCUT2D eigenvalue weighted by Gasteiger charge is -2.22. The van der Waals surface area contributed by atoms with E-state index in [4.69, 9.17) is 0 Å². The van der Waals surface area contributed by atoms with E-state index in [0.717, 1.165) is 0 Å². The van der Waals surface area contributed by atoms with Crippen LogP contribution < -0.4 is 0 Å². The molecule has 2 aromatic rings. The predicted molar refractivity (Wildman–Crippen MR) is 104 cm³/mol. The van der Waals surface area contributed by atoms with E-state index in [1.54, 1.807) is 0 Å². The van der Waals surface area contributed by atoms with Crippen LogP contribution in [0.25, 0.3) is 0 Å². The van der Waals surface area contributed by atoms with Crippen LogP contribution in [0.1, 0.15) is 82.8 Å². The molecule has 0 amide bonds. The Kier molecular flexibility index (Phi) is 9.36. The van der Waals surface area contributed by atoms with Crippen molar-refractivity contribution in [3.05, 3.63) is 71.8 Å². The topological polar surface area (TPSA) is 0 Å². The largest absolute Gasteiger partial charge is 0.0776 e. The lowest BCUT2D eigenvalue weighted by molar-refractivity contribution is 0.480. The molecule has 0 heterocycles. The molecule has 0 nitrogen and oxygen atoms in total. The summed E-state index contributed by atoms with van der Waals surface area (Å²) in [7, 11) is 0. The Labute approximate surface area is 144 Å². The third-order valence-electron chi connectivity index (χ3n) is 4.68. The molecule has 0 aliphatic heterocycles. The second-order valence-corrected chi connectivity index (χ2v) is 6.37. The van der Waals surface area contributed by atoms with Crippen molar-refractivity contribution in [1.29, 1.82) is 0 Å². The summed E-state index contributed by atoms with van der Waals surface area (Å²) in [4.78, 5) is 0. The fourth-order valence-electron chi connectivity index (χ4n) is 3.51. The first-order valence-electron chi connectivity index (χ1n) is 8.95. The van der Waals surface area contributed by atoms with E-state index in [-0.39, 0.29) is 7.43 Å². The van der Waals surface area contributed by atoms with Gasteiger partial charge in [0, 0.05) is 0 Å². The van der Waals surface area contributed by atoms with Crippen LogP contribution in [0.4, 0.5) is 0 Å². The van der Waals surface area contributed by atoms with Gasteiger partial charge in [-0.3, -0.25) is 0 Å². The minimum absolute atomic E-state index is 0. The Hall–Kier alpha value is -1.56. The highest BCUT2D eigenvalue weighted by atomic mass is 14.2. The summed E-state index contributed by atoms with van der Waals surface area (Å²) >= 11 is 0. The molecule has 0 aliphatic carbocycles. The zero-order valence-corrected chi connectivity index (χ0v) is 14.2. The number of hydrogen-bond acceptors (Lipinski definition) is 0. The molecule has 0 fully saturated rings. The molecule has 2 rings (SSSR count). The fourth-order valence-corrected chi connectivity index (χ4v) is 3.51. The molecule has 2 atom stereocenters. The minimum Gasteiger partial charge on any atom is -0.0776 e. The number of rotatable bonds is 9. The molecular formula is C23H34. The van der Waals surface area contributed by atoms with Crippen LogP contribution in [-0.2, 0) is 0 Å². The SMILES string of the molecule is C.CCCC(CCC(CCC)c1ccccc1)c1ccccc1. The van der Waals surface area contributed by atoms with Gasteiger partial charge in [0.2, 0.25) is 0 Å². The lowest BCUT2D eigenvalue weighted by atomic mass is 9.83. The van der Waals surface area contributed by atoms with Gasteiger partial charge < -0.3 is 0 Å². The van der Waals surface area contributed by atoms with Crippen molar-refractivity contribution >= 4 is 0 Å². The fraction of sp³-hybridized carbons (Fsp3) is 0.478. The van der Waals surface area contributed by atoms with E-state index in [2.05, 4.69) is 74.5 Å². The molecule has 0 heteroatoms. The van der Waals surface area contributed by atoms with E-state index in [1.807, 2.05) is 0 Å². The van der Waals surface area contributed by atoms with Crippen LogP contribution in [0.3, 0.4) is 0 Å². The smallest absolute Gasteiger partial charge is 0.0162 e. The van der Waals surface area contributed by atoms with Crippen molar-refractivity contribution < 1.29 is 0 Å². The van der Waals surface area contributed by atoms with Gasteiger partial charge >= 0.3 is 0 Å². The predicted octanol–water partition coefficient (Wildman–Crippen LogP) is 7.57. The van der Waals surface area contributed by atoms with Gasteiger partial charge in [0.15, 0.2) is 0 Å². The molecule has 0 saturated heterocycles. The van der Waals surface area contributed by atoms with Gasteiger partial charge in [0.1, 0.15) is 0 Å². The Morgan fingerprint density at radius 1 is 0.565 bits per heavy atom. The average molecular weight is 311 g/mol. The Morgan fingerprint density at radius 3 is 1.22 bits per heavy atom. The maximum atomic E-state index is 2.30. The summed E-state index contributed by atoms with van der Waals surface area (Å²) in [5.41, 5.74) is 3.04. The molecule has 0 bridgehead atoms. The normalized spacial score (nSPS) is 13.1. The molecule has 0 N–H and O–H groups in total. The van der Waals surface area contributed by atoms with Gasteiger partial charge in [0.05, 0.1) is 0 Å². The van der Waals surface area contributed by atoms with Gasteiger partial charge in [-0.2, -0.15) is 0 Å². The summed E-state index contributed by atoms with van der Waals surface area (Å²) in [5, 5.41) is 0. The molecule has 2 unspecified atom stereocenters. The highest BCUT2D eigenvalue weighted by Crippen LogP contribution is 2.33. The molecule has 23 heavy (non-hydrogen) atoms. The van der Waals surface area contributed by atoms with Gasteiger partial charge in [-0.05, 0) is 48.6 Å². The Balaban J connectivity index is 0.00000264. The third-order valence-corrected chi connectivity index (χ3v) is 4.68. The van der Waals surface area contributed by atoms with E-state index in [0.29, 0.717) is 11.8 Å². The van der Waals surface area contributed by atoms with Gasteiger partial charge in [0.25, 0.3) is 0 Å². The van der Waals surface area contributed by atoms with Crippen LogP contribution in [0, 0.1) is 0 Å². The molecule has 126 valence electrons. The summed E-state index contributed by atoms with van der Waals surface area (Å²) < 4.78 is 0. The van der Waals surface area contributed by atoms with Crippen molar-refractivity contribution in [2.45, 2.75) is 71.6 Å². The minimum atomic E-state index is 0. The van der Waals surface area contributed by atoms with E-state index in [1.165, 1.54) is 49.7 Å². The van der Waals surface area contributed by atoms with Crippen LogP contribution >= 0.6 is 0 Å². The second kappa shape index (κ2) is 11.0. The molecule has 0 spiro atoms. The van der Waals surface area contributed by atoms with Crippen molar-refractivity contribution in [2.75, 3.05) is 0 Å². The molecule has 0 saturated carbocycles. The molecule has 0 radical (unpaired) electrons. The second-order valence-electron chi connectivity index (χ2n) is 6.37. The first-order chi connectivity index (χ1) is 10.8. The van der Waals surface area contributed by atoms with Crippen molar-refractivity contribution in [3.63, 3.8) is 0 Å². The van der Waals surface area contributed by atoms with Crippen LogP contribution in [-0.4, -0.2) is 0 Å². The Morgan fingerprint density at radius 2 is 0.913 bits per heavy atom. The first-order valence-corrected chi connectivity index (χ1v) is 8.95. The first kappa shape index (κ1) is 19.5. The number of benzene rings is 2. The van der Waals surface area contributed by atoms with Crippen molar-refractivity contribution in [1.82, 2.24) is 0 Å². The third kappa shape index (κ3) is 6.22. The summed E-state index contributed by atoms with van der Waals surface area (Å²) in [6.07, 6.45) is 7.75. The average Bonchev–Trinajstić information content (AvgIpc) is 2.59. The molecule has 0 aromatic heterocycles. The van der Waals surface area contributed by atoms with Crippen LogP contribution in [0.15, 0.2) is 60.7 Å². The summed E-state index contributed by atoms with van der Waals surface area (Å²) in [6, 6.07) is 22.2. The van der Waals surface area contributed by atoms with E-state index >= 15 is 0 Å². The summed E-state index contributed by atoms with van der Waals surface area (Å²) in [5.74, 6) is 1.43. The maximum absolute atomic E-state index is 2.30. The van der Waals surface area contributed by atoms with Gasteiger partial charge in [-0.15, -0.1) is 0 Å². The van der Waals surface area contributed by atoms with E-state index in [9.17, 15) is 0 Å². The monoisotopic (exact) mass is 310 g/mol. The van der Waals surface area contributed by atoms with Crippen LogP contribution in [0.5, 0.6) is 0 Å². The van der Waals surface area contributed by atoms with Crippen molar-refractivity contribution in [2.24, 2.45) is 0 Å². The zero-order valence-electron chi connectivity index (χ0n) is 14.2. The maximum Gasteiger partial charge on any atom is -0.0162 e. The summed E-state index contributed by atoms with van der Waals surface area (Å²) in [6.45, 7) is 4.60. The quantitative estimate of drug-likeness (QED) is 0.448. The van der Waals surface area contributed by atoms with Gasteiger partial charge in [-0.1, -0.05) is 94.8 Å². The highest BCUT2D eigenvalue weighted by molar-refractivity contribution is 5.21. The van der Waals surface area contributed by atoms with Gasteiger partial charge in [-0.25, -0.2) is 0 Å². The Bertz CT molecular complexity index is 451. The highest BCUT2D eigenvalue weighted by Gasteiger charge is 2.15. The molecule has 0 aliphatic rings. The zero-order chi connectivity index (χ0) is 15.6. The van der Waals surface area contributed by atoms with E-state index < -0.39 is 0 Å². The van der Waals surface area contributed by atoms with Crippen molar-refractivity contribution in [3.8, 4) is 0 Å². The lowest BCUT2D eigenvalue weighted by Crippen LogP contribution is -2.04. The number of hydrogen-bond donors (Lipinski definition) is 0. The molecule has 2 aromatic carbocycles. The van der Waals surface area contributed by atoms with Crippen LogP contribution in [0.2, 0.25) is 0 Å². The molecular weight excluding hydrogens is 276 g/mol. The standard InChI is InChI=1S/C22H30.CH4/c1-3-11-19(21-13-7-5-8-14-21)17-18-20(12-4-2)22-15-9-6-10-16-22;/h5-10,13-16,19-20H,3-4,11-12,17-18H2,1-2H3;1H4.